The minimum Gasteiger partial charge on any atom is -0.497 e. The van der Waals surface area contributed by atoms with E-state index in [0.717, 1.165) is 12.0 Å². The maximum absolute atomic E-state index is 13.3. The third-order valence-corrected chi connectivity index (χ3v) is 6.06. The number of hydrogen-bond acceptors (Lipinski definition) is 6. The number of aryl methyl sites for hydroxylation is 2. The number of carbonyl (C=O) groups is 2. The molecule has 0 amide bonds. The monoisotopic (exact) mass is 492 g/mol. The molecule has 0 aliphatic carbocycles. The third-order valence-electron chi connectivity index (χ3n) is 5.78. The number of furan rings is 1. The molecule has 0 radical (unpaired) electrons. The molecule has 180 valence electrons. The standard InChI is InChI=1S/C28H25ClO6/c1-5-6-19-15-22(29)27-23(26(19)35-28(31)18-9-13-21(33-4)14-10-18)16(2)25(34-27)24(30)17-7-11-20(32-3)12-8-17/h7-15H,5-6H2,1-4H3. The summed E-state index contributed by atoms with van der Waals surface area (Å²) in [5.41, 5.74) is 2.43. The highest BCUT2D eigenvalue weighted by Gasteiger charge is 2.26. The summed E-state index contributed by atoms with van der Waals surface area (Å²) in [6, 6.07) is 15.1. The minimum absolute atomic E-state index is 0.141. The molecule has 7 heteroatoms. The smallest absolute Gasteiger partial charge is 0.343 e. The first-order valence-corrected chi connectivity index (χ1v) is 11.5. The molecule has 35 heavy (non-hydrogen) atoms. The normalized spacial score (nSPS) is 10.9. The predicted molar refractivity (Wildman–Crippen MR) is 134 cm³/mol. The Labute approximate surface area is 208 Å². The molecule has 0 spiro atoms. The van der Waals surface area contributed by atoms with Crippen LogP contribution >= 0.6 is 11.6 Å². The van der Waals surface area contributed by atoms with Crippen LogP contribution in [0.2, 0.25) is 5.02 Å². The van der Waals surface area contributed by atoms with Gasteiger partial charge in [-0.05, 0) is 73.5 Å². The number of ether oxygens (including phenoxy) is 3. The molecular weight excluding hydrogens is 468 g/mol. The van der Waals surface area contributed by atoms with E-state index in [4.69, 9.17) is 30.2 Å². The van der Waals surface area contributed by atoms with Crippen LogP contribution in [0.4, 0.5) is 0 Å². The highest BCUT2D eigenvalue weighted by Crippen LogP contribution is 2.42. The Morgan fingerprint density at radius 1 is 0.914 bits per heavy atom. The van der Waals surface area contributed by atoms with Crippen LogP contribution < -0.4 is 14.2 Å². The topological polar surface area (TPSA) is 75.0 Å². The molecule has 0 saturated carbocycles. The zero-order chi connectivity index (χ0) is 25.1. The minimum atomic E-state index is -0.530. The molecule has 0 saturated heterocycles. The van der Waals surface area contributed by atoms with E-state index in [1.165, 1.54) is 0 Å². The maximum atomic E-state index is 13.3. The summed E-state index contributed by atoms with van der Waals surface area (Å²) >= 11 is 6.56. The number of esters is 1. The lowest BCUT2D eigenvalue weighted by molar-refractivity contribution is 0.0735. The van der Waals surface area contributed by atoms with E-state index in [9.17, 15) is 9.59 Å². The van der Waals surface area contributed by atoms with Gasteiger partial charge in [-0.2, -0.15) is 0 Å². The Bertz CT molecular complexity index is 1380. The van der Waals surface area contributed by atoms with Gasteiger partial charge >= 0.3 is 5.97 Å². The van der Waals surface area contributed by atoms with E-state index in [0.29, 0.717) is 56.4 Å². The SMILES string of the molecule is CCCc1cc(Cl)c2oc(C(=O)c3ccc(OC)cc3)c(C)c2c1OC(=O)c1ccc(OC)cc1. The molecule has 0 atom stereocenters. The Morgan fingerprint density at radius 2 is 1.49 bits per heavy atom. The zero-order valence-corrected chi connectivity index (χ0v) is 20.7. The summed E-state index contributed by atoms with van der Waals surface area (Å²) < 4.78 is 22.2. The Hall–Kier alpha value is -3.77. The van der Waals surface area contributed by atoms with Crippen LogP contribution in [0.1, 0.15) is 50.9 Å². The van der Waals surface area contributed by atoms with Gasteiger partial charge in [0, 0.05) is 11.1 Å². The largest absolute Gasteiger partial charge is 0.497 e. The summed E-state index contributed by atoms with van der Waals surface area (Å²) in [5, 5.41) is 0.865. The molecule has 0 aliphatic heterocycles. The number of halogens is 1. The molecule has 4 rings (SSSR count). The van der Waals surface area contributed by atoms with E-state index in [1.54, 1.807) is 75.7 Å². The summed E-state index contributed by atoms with van der Waals surface area (Å²) in [6.07, 6.45) is 1.44. The van der Waals surface area contributed by atoms with E-state index >= 15 is 0 Å². The number of rotatable bonds is 8. The molecule has 0 aliphatic rings. The van der Waals surface area contributed by atoms with Crippen molar-refractivity contribution < 1.29 is 28.2 Å². The van der Waals surface area contributed by atoms with Crippen molar-refractivity contribution >= 4 is 34.3 Å². The lowest BCUT2D eigenvalue weighted by Gasteiger charge is -2.12. The van der Waals surface area contributed by atoms with Crippen LogP contribution in [0.15, 0.2) is 59.0 Å². The molecule has 0 bridgehead atoms. The average Bonchev–Trinajstić information content (AvgIpc) is 3.23. The first kappa shape index (κ1) is 24.4. The second kappa shape index (κ2) is 10.2. The molecule has 1 aromatic heterocycles. The van der Waals surface area contributed by atoms with Gasteiger partial charge in [0.25, 0.3) is 0 Å². The van der Waals surface area contributed by atoms with Crippen LogP contribution in [0.25, 0.3) is 11.0 Å². The number of hydrogen-bond donors (Lipinski definition) is 0. The lowest BCUT2D eigenvalue weighted by Crippen LogP contribution is -2.10. The third kappa shape index (κ3) is 4.75. The van der Waals surface area contributed by atoms with Gasteiger partial charge in [-0.1, -0.05) is 24.9 Å². The first-order valence-electron chi connectivity index (χ1n) is 11.2. The molecule has 3 aromatic carbocycles. The molecule has 4 aromatic rings. The zero-order valence-electron chi connectivity index (χ0n) is 19.9. The lowest BCUT2D eigenvalue weighted by atomic mass is 10.0. The fourth-order valence-corrected chi connectivity index (χ4v) is 4.20. The number of fused-ring (bicyclic) bond motifs is 1. The first-order chi connectivity index (χ1) is 16.9. The van der Waals surface area contributed by atoms with Crippen LogP contribution in [-0.2, 0) is 6.42 Å². The fraction of sp³-hybridized carbons (Fsp3) is 0.214. The predicted octanol–water partition coefficient (Wildman–Crippen LogP) is 6.81. The molecule has 1 heterocycles. The molecule has 0 N–H and O–H groups in total. The second-order valence-electron chi connectivity index (χ2n) is 8.03. The Kier molecular flexibility index (Phi) is 7.12. The number of benzene rings is 3. The van der Waals surface area contributed by atoms with Gasteiger partial charge in [-0.3, -0.25) is 4.79 Å². The van der Waals surface area contributed by atoms with Crippen molar-refractivity contribution in [3.8, 4) is 17.2 Å². The summed E-state index contributed by atoms with van der Waals surface area (Å²) in [5.74, 6) is 0.932. The number of carbonyl (C=O) groups excluding carboxylic acids is 2. The second-order valence-corrected chi connectivity index (χ2v) is 8.44. The van der Waals surface area contributed by atoms with Crippen molar-refractivity contribution in [3.05, 3.63) is 87.6 Å². The molecule has 0 fully saturated rings. The molecular formula is C28H25ClO6. The van der Waals surface area contributed by atoms with Crippen LogP contribution in [0.3, 0.4) is 0 Å². The highest BCUT2D eigenvalue weighted by molar-refractivity contribution is 6.35. The quantitative estimate of drug-likeness (QED) is 0.153. The van der Waals surface area contributed by atoms with Crippen molar-refractivity contribution in [1.82, 2.24) is 0 Å². The van der Waals surface area contributed by atoms with Gasteiger partial charge in [-0.15, -0.1) is 0 Å². The highest BCUT2D eigenvalue weighted by atomic mass is 35.5. The molecule has 0 unspecified atom stereocenters. The van der Waals surface area contributed by atoms with E-state index < -0.39 is 5.97 Å². The van der Waals surface area contributed by atoms with Crippen molar-refractivity contribution in [2.75, 3.05) is 14.2 Å². The Morgan fingerprint density at radius 3 is 2.03 bits per heavy atom. The summed E-state index contributed by atoms with van der Waals surface area (Å²) in [7, 11) is 3.12. The van der Waals surface area contributed by atoms with Gasteiger partial charge in [-0.25, -0.2) is 4.79 Å². The van der Waals surface area contributed by atoms with E-state index in [-0.39, 0.29) is 11.5 Å². The van der Waals surface area contributed by atoms with Crippen LogP contribution in [0, 0.1) is 6.92 Å². The van der Waals surface area contributed by atoms with Gasteiger partial charge in [0.1, 0.15) is 17.2 Å². The van der Waals surface area contributed by atoms with Crippen molar-refractivity contribution in [2.45, 2.75) is 26.7 Å². The van der Waals surface area contributed by atoms with Crippen molar-refractivity contribution in [3.63, 3.8) is 0 Å². The van der Waals surface area contributed by atoms with Crippen LogP contribution in [-0.4, -0.2) is 26.0 Å². The Balaban J connectivity index is 1.81. The van der Waals surface area contributed by atoms with E-state index in [1.807, 2.05) is 6.92 Å². The fourth-order valence-electron chi connectivity index (χ4n) is 3.94. The summed E-state index contributed by atoms with van der Waals surface area (Å²) in [6.45, 7) is 3.79. The molecule has 6 nitrogen and oxygen atoms in total. The van der Waals surface area contributed by atoms with Gasteiger partial charge in [0.15, 0.2) is 11.3 Å². The summed E-state index contributed by atoms with van der Waals surface area (Å²) in [4.78, 5) is 26.3. The van der Waals surface area contributed by atoms with Crippen molar-refractivity contribution in [1.29, 1.82) is 0 Å². The van der Waals surface area contributed by atoms with Crippen LogP contribution in [0.5, 0.6) is 17.2 Å². The number of ketones is 1. The van der Waals surface area contributed by atoms with E-state index in [2.05, 4.69) is 0 Å². The van der Waals surface area contributed by atoms with Gasteiger partial charge in [0.2, 0.25) is 5.78 Å². The van der Waals surface area contributed by atoms with Gasteiger partial charge < -0.3 is 18.6 Å². The average molecular weight is 493 g/mol. The van der Waals surface area contributed by atoms with Gasteiger partial charge in [0.05, 0.1) is 30.2 Å². The maximum Gasteiger partial charge on any atom is 0.343 e. The van der Waals surface area contributed by atoms with Crippen molar-refractivity contribution in [2.24, 2.45) is 0 Å². The number of methoxy groups -OCH3 is 2.